The van der Waals surface area contributed by atoms with Crippen LogP contribution < -0.4 is 0 Å². The standard InChI is InChI=1S/C30H38N2O2/c1-2-12-28(33)32-29(34)21-30(25-16-5-3-6-17-25,26-18-7-4-8-19-26)31(32)22-24-15-11-14-23-13-9-10-20-27(23)24/h2,9-15,20,25-26H,3-8,16-19,21-22H2,1H3/b12-2+. The van der Waals surface area contributed by atoms with Crippen molar-refractivity contribution in [3.8, 4) is 0 Å². The average Bonchev–Trinajstić information content (AvgIpc) is 3.18. The lowest BCUT2D eigenvalue weighted by Gasteiger charge is -2.52. The Bertz CT molecular complexity index is 1040. The maximum Gasteiger partial charge on any atom is 0.267 e. The molecule has 0 spiro atoms. The first kappa shape index (κ1) is 23.3. The van der Waals surface area contributed by atoms with E-state index in [0.29, 0.717) is 24.8 Å². The Hall–Kier alpha value is -2.46. The number of imide groups is 1. The summed E-state index contributed by atoms with van der Waals surface area (Å²) < 4.78 is 0. The molecule has 4 nitrogen and oxygen atoms in total. The summed E-state index contributed by atoms with van der Waals surface area (Å²) >= 11 is 0. The van der Waals surface area contributed by atoms with Crippen molar-refractivity contribution >= 4 is 22.6 Å². The maximum atomic E-state index is 13.7. The van der Waals surface area contributed by atoms with Crippen LogP contribution in [0.5, 0.6) is 0 Å². The number of benzene rings is 2. The van der Waals surface area contributed by atoms with Crippen LogP contribution in [-0.2, 0) is 16.1 Å². The third kappa shape index (κ3) is 4.11. The molecule has 34 heavy (non-hydrogen) atoms. The molecule has 2 aliphatic carbocycles. The van der Waals surface area contributed by atoms with E-state index in [-0.39, 0.29) is 17.4 Å². The highest BCUT2D eigenvalue weighted by atomic mass is 16.2. The Labute approximate surface area is 204 Å². The summed E-state index contributed by atoms with van der Waals surface area (Å²) in [5.41, 5.74) is 0.939. The highest BCUT2D eigenvalue weighted by Gasteiger charge is 2.59. The maximum absolute atomic E-state index is 13.7. The third-order valence-electron chi connectivity index (χ3n) is 8.73. The number of allylic oxidation sites excluding steroid dienone is 1. The molecule has 0 atom stereocenters. The third-order valence-corrected chi connectivity index (χ3v) is 8.73. The fourth-order valence-electron chi connectivity index (χ4n) is 7.24. The van der Waals surface area contributed by atoms with E-state index >= 15 is 0 Å². The molecule has 5 rings (SSSR count). The molecule has 1 aliphatic heterocycles. The van der Waals surface area contributed by atoms with Crippen molar-refractivity contribution < 1.29 is 9.59 Å². The van der Waals surface area contributed by atoms with Crippen molar-refractivity contribution in [2.45, 2.75) is 89.6 Å². The van der Waals surface area contributed by atoms with Crippen LogP contribution in [0.2, 0.25) is 0 Å². The fourth-order valence-corrected chi connectivity index (χ4v) is 7.24. The predicted octanol–water partition coefficient (Wildman–Crippen LogP) is 6.79. The summed E-state index contributed by atoms with van der Waals surface area (Å²) in [6.07, 6.45) is 16.0. The van der Waals surface area contributed by atoms with Gasteiger partial charge in [-0.05, 0) is 60.8 Å². The van der Waals surface area contributed by atoms with E-state index in [2.05, 4.69) is 47.5 Å². The van der Waals surface area contributed by atoms with Crippen molar-refractivity contribution in [1.29, 1.82) is 0 Å². The molecule has 0 radical (unpaired) electrons. The normalized spacial score (nSPS) is 22.7. The molecule has 0 bridgehead atoms. The Morgan fingerprint density at radius 2 is 1.53 bits per heavy atom. The van der Waals surface area contributed by atoms with Gasteiger partial charge in [0.25, 0.3) is 5.91 Å². The van der Waals surface area contributed by atoms with Gasteiger partial charge in [-0.25, -0.2) is 5.01 Å². The first-order chi connectivity index (χ1) is 16.6. The van der Waals surface area contributed by atoms with Gasteiger partial charge in [-0.3, -0.25) is 9.59 Å². The van der Waals surface area contributed by atoms with Gasteiger partial charge in [0.2, 0.25) is 5.91 Å². The summed E-state index contributed by atoms with van der Waals surface area (Å²) in [7, 11) is 0. The number of hydrogen-bond donors (Lipinski definition) is 0. The van der Waals surface area contributed by atoms with Crippen molar-refractivity contribution in [2.24, 2.45) is 11.8 Å². The molecule has 0 aromatic heterocycles. The molecule has 2 aromatic carbocycles. The molecule has 0 unspecified atom stereocenters. The molecule has 3 aliphatic rings. The Balaban J connectivity index is 1.64. The fraction of sp³-hybridized carbons (Fsp3) is 0.533. The summed E-state index contributed by atoms with van der Waals surface area (Å²) in [6, 6.07) is 14.9. The largest absolute Gasteiger partial charge is 0.273 e. The quantitative estimate of drug-likeness (QED) is 0.463. The van der Waals surface area contributed by atoms with Crippen LogP contribution in [0.15, 0.2) is 54.6 Å². The summed E-state index contributed by atoms with van der Waals surface area (Å²) in [4.78, 5) is 27.0. The van der Waals surface area contributed by atoms with Gasteiger partial charge < -0.3 is 0 Å². The lowest BCUT2D eigenvalue weighted by molar-refractivity contribution is -0.166. The number of fused-ring (bicyclic) bond motifs is 1. The lowest BCUT2D eigenvalue weighted by atomic mass is 9.62. The first-order valence-electron chi connectivity index (χ1n) is 13.4. The van der Waals surface area contributed by atoms with E-state index < -0.39 is 0 Å². The molecule has 2 amide bonds. The highest BCUT2D eigenvalue weighted by Crippen LogP contribution is 2.52. The van der Waals surface area contributed by atoms with Gasteiger partial charge in [0.1, 0.15) is 0 Å². The van der Waals surface area contributed by atoms with E-state index in [0.717, 1.165) is 0 Å². The number of carbonyl (C=O) groups excluding carboxylic acids is 2. The topological polar surface area (TPSA) is 40.6 Å². The minimum atomic E-state index is -0.258. The SMILES string of the molecule is C/C=C/C(=O)N1C(=O)CC(C2CCCCC2)(C2CCCCC2)N1Cc1cccc2ccccc12. The predicted molar refractivity (Wildman–Crippen MR) is 137 cm³/mol. The molecule has 2 saturated carbocycles. The van der Waals surface area contributed by atoms with Crippen molar-refractivity contribution in [2.75, 3.05) is 0 Å². The van der Waals surface area contributed by atoms with Crippen LogP contribution in [0.4, 0.5) is 0 Å². The molecule has 2 aromatic rings. The Morgan fingerprint density at radius 1 is 0.912 bits per heavy atom. The number of hydrogen-bond acceptors (Lipinski definition) is 3. The molecule has 0 N–H and O–H groups in total. The second-order valence-electron chi connectivity index (χ2n) is 10.6. The van der Waals surface area contributed by atoms with Crippen LogP contribution >= 0.6 is 0 Å². The zero-order valence-electron chi connectivity index (χ0n) is 20.5. The molecule has 1 heterocycles. The number of hydrazine groups is 1. The Kier molecular flexibility index (Phi) is 6.87. The monoisotopic (exact) mass is 458 g/mol. The molecular weight excluding hydrogens is 420 g/mol. The van der Waals surface area contributed by atoms with Crippen molar-refractivity contribution in [3.05, 3.63) is 60.2 Å². The summed E-state index contributed by atoms with van der Waals surface area (Å²) in [5, 5.41) is 6.22. The zero-order chi connectivity index (χ0) is 23.5. The van der Waals surface area contributed by atoms with E-state index in [1.807, 2.05) is 6.92 Å². The molecular formula is C30H38N2O2. The first-order valence-corrected chi connectivity index (χ1v) is 13.4. The number of amides is 2. The lowest BCUT2D eigenvalue weighted by Crippen LogP contribution is -2.59. The second kappa shape index (κ2) is 10.0. The van der Waals surface area contributed by atoms with Gasteiger partial charge >= 0.3 is 0 Å². The van der Waals surface area contributed by atoms with Crippen LogP contribution in [0.25, 0.3) is 10.8 Å². The zero-order valence-corrected chi connectivity index (χ0v) is 20.5. The van der Waals surface area contributed by atoms with Crippen LogP contribution in [0.1, 0.15) is 83.1 Å². The second-order valence-corrected chi connectivity index (χ2v) is 10.6. The number of carbonyl (C=O) groups is 2. The van der Waals surface area contributed by atoms with Gasteiger partial charge in [0.15, 0.2) is 0 Å². The molecule has 3 fully saturated rings. The van der Waals surface area contributed by atoms with Gasteiger partial charge in [-0.1, -0.05) is 87.1 Å². The van der Waals surface area contributed by atoms with Gasteiger partial charge in [-0.15, -0.1) is 0 Å². The van der Waals surface area contributed by atoms with E-state index in [1.165, 1.54) is 85.6 Å². The van der Waals surface area contributed by atoms with Gasteiger partial charge in [-0.2, -0.15) is 5.01 Å². The minimum Gasteiger partial charge on any atom is -0.273 e. The van der Waals surface area contributed by atoms with Gasteiger partial charge in [0, 0.05) is 19.0 Å². The van der Waals surface area contributed by atoms with E-state index in [1.54, 1.807) is 12.2 Å². The summed E-state index contributed by atoms with van der Waals surface area (Å²) in [6.45, 7) is 2.45. The van der Waals surface area contributed by atoms with E-state index in [9.17, 15) is 9.59 Å². The molecule has 180 valence electrons. The van der Waals surface area contributed by atoms with E-state index in [4.69, 9.17) is 0 Å². The summed E-state index contributed by atoms with van der Waals surface area (Å²) in [5.74, 6) is 0.721. The Morgan fingerprint density at radius 3 is 2.18 bits per heavy atom. The van der Waals surface area contributed by atoms with Crippen molar-refractivity contribution in [3.63, 3.8) is 0 Å². The highest BCUT2D eigenvalue weighted by molar-refractivity contribution is 6.02. The smallest absolute Gasteiger partial charge is 0.267 e. The van der Waals surface area contributed by atoms with Gasteiger partial charge in [0.05, 0.1) is 5.54 Å². The molecule has 4 heteroatoms. The van der Waals surface area contributed by atoms with Crippen molar-refractivity contribution in [1.82, 2.24) is 10.0 Å². The van der Waals surface area contributed by atoms with Crippen LogP contribution in [0.3, 0.4) is 0 Å². The molecule has 1 saturated heterocycles. The number of nitrogens with zero attached hydrogens (tertiary/aromatic N) is 2. The van der Waals surface area contributed by atoms with Crippen LogP contribution in [-0.4, -0.2) is 27.4 Å². The number of rotatable bonds is 5. The average molecular weight is 459 g/mol. The van der Waals surface area contributed by atoms with Crippen LogP contribution in [0, 0.1) is 11.8 Å². The minimum absolute atomic E-state index is 0.0144.